The summed E-state index contributed by atoms with van der Waals surface area (Å²) in [5.74, 6) is 0.0838. The van der Waals surface area contributed by atoms with Gasteiger partial charge in [-0.3, -0.25) is 9.78 Å². The van der Waals surface area contributed by atoms with Crippen molar-refractivity contribution < 1.29 is 4.79 Å². The monoisotopic (exact) mass is 332 g/mol. The number of pyridine rings is 1. The molecule has 0 amide bonds. The molecule has 0 fully saturated rings. The number of nitrogen functional groups attached to an aromatic ring is 1. The molecule has 3 nitrogen and oxygen atoms in total. The minimum absolute atomic E-state index is 0.0838. The van der Waals surface area contributed by atoms with Crippen LogP contribution in [0.2, 0.25) is 0 Å². The van der Waals surface area contributed by atoms with Crippen LogP contribution in [-0.4, -0.2) is 10.8 Å². The van der Waals surface area contributed by atoms with Gasteiger partial charge in [0.05, 0.1) is 5.52 Å². The summed E-state index contributed by atoms with van der Waals surface area (Å²) in [6, 6.07) is 15.3. The smallest absolute Gasteiger partial charge is 0.160 e. The van der Waals surface area contributed by atoms with Crippen LogP contribution in [0, 0.1) is 6.92 Å². The van der Waals surface area contributed by atoms with Gasteiger partial charge in [0.1, 0.15) is 0 Å². The van der Waals surface area contributed by atoms with E-state index in [1.54, 1.807) is 25.3 Å². The number of benzene rings is 2. The molecule has 2 N–H and O–H groups in total. The van der Waals surface area contributed by atoms with E-state index in [2.05, 4.69) is 30.8 Å². The number of rotatable bonds is 2. The third-order valence-corrected chi connectivity index (χ3v) is 3.49. The Bertz CT molecular complexity index is 869. The van der Waals surface area contributed by atoms with Crippen LogP contribution in [-0.2, 0) is 0 Å². The summed E-state index contributed by atoms with van der Waals surface area (Å²) in [4.78, 5) is 15.2. The summed E-state index contributed by atoms with van der Waals surface area (Å²) >= 11 is 0. The Hall–Kier alpha value is -3.20. The van der Waals surface area contributed by atoms with Gasteiger partial charge in [0.15, 0.2) is 5.78 Å². The molecule has 3 heteroatoms. The zero-order valence-electron chi connectivity index (χ0n) is 14.8. The first-order valence-corrected chi connectivity index (χ1v) is 7.86. The van der Waals surface area contributed by atoms with Crippen molar-refractivity contribution in [2.24, 2.45) is 0 Å². The fourth-order valence-corrected chi connectivity index (χ4v) is 2.28. The predicted molar refractivity (Wildman–Crippen MR) is 109 cm³/mol. The summed E-state index contributed by atoms with van der Waals surface area (Å²) in [5.41, 5.74) is 10.4. The molecule has 3 rings (SSSR count). The number of ketones is 1. The lowest BCUT2D eigenvalue weighted by Crippen LogP contribution is -1.94. The van der Waals surface area contributed by atoms with E-state index in [0.717, 1.165) is 27.7 Å². The molecule has 3 aromatic rings. The maximum Gasteiger partial charge on any atom is 0.160 e. The highest BCUT2D eigenvalue weighted by Crippen LogP contribution is 2.19. The van der Waals surface area contributed by atoms with Crippen molar-refractivity contribution in [3.63, 3.8) is 0 Å². The fourth-order valence-electron chi connectivity index (χ4n) is 2.28. The van der Waals surface area contributed by atoms with Crippen molar-refractivity contribution in [2.45, 2.75) is 13.8 Å². The van der Waals surface area contributed by atoms with Gasteiger partial charge in [-0.15, -0.1) is 13.2 Å². The van der Waals surface area contributed by atoms with Crippen molar-refractivity contribution in [1.29, 1.82) is 0 Å². The summed E-state index contributed by atoms with van der Waals surface area (Å²) in [6.07, 6.45) is 3.42. The van der Waals surface area contributed by atoms with Gasteiger partial charge < -0.3 is 5.73 Å². The average Bonchev–Trinajstić information content (AvgIpc) is 2.64. The fraction of sp³-hybridized carbons (Fsp3) is 0.0909. The Morgan fingerprint density at radius 1 is 1.12 bits per heavy atom. The minimum Gasteiger partial charge on any atom is -0.398 e. The van der Waals surface area contributed by atoms with Crippen LogP contribution >= 0.6 is 0 Å². The van der Waals surface area contributed by atoms with Crippen molar-refractivity contribution in [3.8, 4) is 0 Å². The standard InChI is InChI=1S/C10H10N2.C10H10O.C2H4/c1-7-2-3-10-8(6-7)9(11)4-5-12-10;1-3-9-6-4-5-7-10(9)8(2)11;1-2/h2-6H,1H3,(H2,11,12);3-7H,1H2,2H3;1-2H2. The normalized spacial score (nSPS) is 9.20. The lowest BCUT2D eigenvalue weighted by molar-refractivity contribution is 0.101. The summed E-state index contributed by atoms with van der Waals surface area (Å²) < 4.78 is 0. The highest BCUT2D eigenvalue weighted by atomic mass is 16.1. The number of hydrogen-bond donors (Lipinski definition) is 1. The number of Topliss-reactive ketones (excluding diaryl/α,β-unsaturated/α-hetero) is 1. The van der Waals surface area contributed by atoms with Gasteiger partial charge >= 0.3 is 0 Å². The number of aryl methyl sites for hydroxylation is 1. The SMILES string of the molecule is C=C.C=Cc1ccccc1C(C)=O.Cc1ccc2nccc(N)c2c1. The van der Waals surface area contributed by atoms with Crippen LogP contribution in [0.4, 0.5) is 5.69 Å². The van der Waals surface area contributed by atoms with Crippen molar-refractivity contribution in [2.75, 3.05) is 5.73 Å². The first-order valence-electron chi connectivity index (χ1n) is 7.86. The van der Waals surface area contributed by atoms with E-state index >= 15 is 0 Å². The maximum atomic E-state index is 11.0. The van der Waals surface area contributed by atoms with Gasteiger partial charge in [-0.1, -0.05) is 48.6 Å². The molecule has 1 heterocycles. The van der Waals surface area contributed by atoms with E-state index in [0.29, 0.717) is 0 Å². The molecule has 128 valence electrons. The van der Waals surface area contributed by atoms with Crippen LogP contribution in [0.3, 0.4) is 0 Å². The molecule has 2 aromatic carbocycles. The molecule has 0 aliphatic carbocycles. The van der Waals surface area contributed by atoms with E-state index in [1.807, 2.05) is 43.3 Å². The summed E-state index contributed by atoms with van der Waals surface area (Å²) in [5, 5.41) is 1.04. The van der Waals surface area contributed by atoms with E-state index in [9.17, 15) is 4.79 Å². The van der Waals surface area contributed by atoms with E-state index < -0.39 is 0 Å². The lowest BCUT2D eigenvalue weighted by atomic mass is 10.1. The second-order valence-corrected chi connectivity index (χ2v) is 5.27. The first kappa shape index (κ1) is 19.8. The highest BCUT2D eigenvalue weighted by molar-refractivity contribution is 5.97. The number of nitrogens with zero attached hydrogens (tertiary/aromatic N) is 1. The average molecular weight is 332 g/mol. The largest absolute Gasteiger partial charge is 0.398 e. The van der Waals surface area contributed by atoms with Gasteiger partial charge in [-0.25, -0.2) is 0 Å². The zero-order valence-corrected chi connectivity index (χ0v) is 14.8. The van der Waals surface area contributed by atoms with Gasteiger partial charge in [0.2, 0.25) is 0 Å². The minimum atomic E-state index is 0.0838. The summed E-state index contributed by atoms with van der Waals surface area (Å²) in [6.45, 7) is 13.2. The number of carbonyl (C=O) groups is 1. The Balaban J connectivity index is 0.000000229. The van der Waals surface area contributed by atoms with E-state index in [1.165, 1.54) is 5.56 Å². The van der Waals surface area contributed by atoms with Gasteiger partial charge in [0, 0.05) is 22.8 Å². The van der Waals surface area contributed by atoms with Crippen LogP contribution in [0.15, 0.2) is 74.5 Å². The topological polar surface area (TPSA) is 56.0 Å². The first-order chi connectivity index (χ1) is 12.0. The third kappa shape index (κ3) is 5.43. The Kier molecular flexibility index (Phi) is 7.80. The molecule has 0 bridgehead atoms. The van der Waals surface area contributed by atoms with E-state index in [4.69, 9.17) is 5.73 Å². The van der Waals surface area contributed by atoms with Gasteiger partial charge in [-0.05, 0) is 37.6 Å². The second kappa shape index (κ2) is 9.83. The third-order valence-electron chi connectivity index (χ3n) is 3.49. The molecule has 0 atom stereocenters. The molecular formula is C22H24N2O. The van der Waals surface area contributed by atoms with Crippen molar-refractivity contribution >= 4 is 28.4 Å². The number of aromatic nitrogens is 1. The molecule has 1 aromatic heterocycles. The molecule has 0 aliphatic heterocycles. The molecule has 0 saturated heterocycles. The maximum absolute atomic E-state index is 11.0. The number of hydrogen-bond acceptors (Lipinski definition) is 3. The number of anilines is 1. The van der Waals surface area contributed by atoms with Crippen LogP contribution in [0.1, 0.15) is 28.4 Å². The van der Waals surface area contributed by atoms with Gasteiger partial charge in [0.25, 0.3) is 0 Å². The summed E-state index contributed by atoms with van der Waals surface area (Å²) in [7, 11) is 0. The zero-order chi connectivity index (χ0) is 18.8. The highest BCUT2D eigenvalue weighted by Gasteiger charge is 2.01. The van der Waals surface area contributed by atoms with Crippen LogP contribution in [0.25, 0.3) is 17.0 Å². The molecule has 0 radical (unpaired) electrons. The molecule has 0 saturated carbocycles. The molecule has 0 spiro atoms. The Morgan fingerprint density at radius 3 is 2.40 bits per heavy atom. The quantitative estimate of drug-likeness (QED) is 0.501. The Labute approximate surface area is 149 Å². The number of carbonyl (C=O) groups excluding carboxylic acids is 1. The van der Waals surface area contributed by atoms with Crippen LogP contribution < -0.4 is 5.73 Å². The lowest BCUT2D eigenvalue weighted by Gasteiger charge is -2.00. The number of nitrogens with two attached hydrogens (primary N) is 1. The molecule has 0 aliphatic rings. The molecule has 25 heavy (non-hydrogen) atoms. The second-order valence-electron chi connectivity index (χ2n) is 5.27. The van der Waals surface area contributed by atoms with E-state index in [-0.39, 0.29) is 5.78 Å². The van der Waals surface area contributed by atoms with Gasteiger partial charge in [-0.2, -0.15) is 0 Å². The molecule has 0 unspecified atom stereocenters. The Morgan fingerprint density at radius 2 is 1.80 bits per heavy atom. The van der Waals surface area contributed by atoms with Crippen molar-refractivity contribution in [3.05, 3.63) is 91.2 Å². The van der Waals surface area contributed by atoms with Crippen molar-refractivity contribution in [1.82, 2.24) is 4.98 Å². The number of fused-ring (bicyclic) bond motifs is 1. The molecular weight excluding hydrogens is 308 g/mol. The van der Waals surface area contributed by atoms with Crippen LogP contribution in [0.5, 0.6) is 0 Å². The predicted octanol–water partition coefficient (Wildman–Crippen LogP) is 5.46.